The van der Waals surface area contributed by atoms with Gasteiger partial charge >= 0.3 is 11.8 Å². The monoisotopic (exact) mass is 472 g/mol. The summed E-state index contributed by atoms with van der Waals surface area (Å²) in [5.74, 6) is -10.2. The van der Waals surface area contributed by atoms with Gasteiger partial charge in [0.2, 0.25) is 5.91 Å². The molecule has 0 atom stereocenters. The third-order valence-corrected chi connectivity index (χ3v) is 4.55. The number of halogens is 4. The highest BCUT2D eigenvalue weighted by Crippen LogP contribution is 2.39. The third kappa shape index (κ3) is 7.12. The predicted molar refractivity (Wildman–Crippen MR) is 114 cm³/mol. The van der Waals surface area contributed by atoms with Gasteiger partial charge in [0, 0.05) is 12.0 Å². The van der Waals surface area contributed by atoms with E-state index in [-0.39, 0.29) is 30.2 Å². The highest BCUT2D eigenvalue weighted by atomic mass is 19.3. The molecule has 0 saturated heterocycles. The molecular formula is C21H24F4N4O4. The van der Waals surface area contributed by atoms with E-state index in [1.807, 2.05) is 30.3 Å². The molecule has 0 radical (unpaired) electrons. The number of anilines is 1. The molecule has 5 N–H and O–H groups in total. The van der Waals surface area contributed by atoms with E-state index in [1.165, 1.54) is 0 Å². The molecule has 8 nitrogen and oxygen atoms in total. The maximum absolute atomic E-state index is 13.9. The van der Waals surface area contributed by atoms with Crippen LogP contribution in [0.1, 0.15) is 22.3 Å². The fourth-order valence-electron chi connectivity index (χ4n) is 2.69. The molecule has 2 aromatic rings. The Bertz CT molecular complexity index is 945. The largest absolute Gasteiger partial charge is 0.491 e. The minimum absolute atomic E-state index is 0.000660. The summed E-state index contributed by atoms with van der Waals surface area (Å²) in [5.41, 5.74) is 9.85. The number of nitrogens with one attached hydrogen (secondary N) is 1. The molecule has 12 heteroatoms. The summed E-state index contributed by atoms with van der Waals surface area (Å²) in [7, 11) is 0. The summed E-state index contributed by atoms with van der Waals surface area (Å²) >= 11 is 0. The van der Waals surface area contributed by atoms with Gasteiger partial charge in [-0.3, -0.25) is 4.79 Å². The van der Waals surface area contributed by atoms with Gasteiger partial charge in [0.15, 0.2) is 0 Å². The zero-order valence-corrected chi connectivity index (χ0v) is 17.5. The number of ether oxygens (including phenoxy) is 2. The minimum Gasteiger partial charge on any atom is -0.491 e. The number of nitroso groups, excluding NO2 is 1. The van der Waals surface area contributed by atoms with Crippen LogP contribution in [0.3, 0.4) is 0 Å². The van der Waals surface area contributed by atoms with Crippen molar-refractivity contribution in [3.05, 3.63) is 58.5 Å². The zero-order valence-electron chi connectivity index (χ0n) is 17.5. The number of amides is 1. The van der Waals surface area contributed by atoms with E-state index in [2.05, 4.69) is 10.5 Å². The molecule has 0 aliphatic carbocycles. The second-order valence-corrected chi connectivity index (χ2v) is 7.03. The van der Waals surface area contributed by atoms with Crippen molar-refractivity contribution in [1.82, 2.24) is 0 Å². The van der Waals surface area contributed by atoms with E-state index in [0.29, 0.717) is 13.0 Å². The lowest BCUT2D eigenvalue weighted by atomic mass is 10.1. The first-order chi connectivity index (χ1) is 15.6. The first kappa shape index (κ1) is 26.0. The molecule has 2 rings (SSSR count). The molecule has 1 amide bonds. The number of rotatable bonds is 14. The van der Waals surface area contributed by atoms with Gasteiger partial charge < -0.3 is 26.3 Å². The SMILES string of the molecule is NCC(F)(F)C(F)(F)CNc1c(N=O)cc(C(N)=O)cc1OCCCOCc1ccccc1. The number of nitrogens with two attached hydrogens (primary N) is 2. The number of primary amides is 1. The number of nitrogens with zero attached hydrogens (tertiary/aromatic N) is 1. The van der Waals surface area contributed by atoms with Gasteiger partial charge in [0.05, 0.1) is 32.9 Å². The van der Waals surface area contributed by atoms with Crippen molar-refractivity contribution in [2.75, 3.05) is 31.6 Å². The lowest BCUT2D eigenvalue weighted by Gasteiger charge is -2.26. The van der Waals surface area contributed by atoms with Crippen LogP contribution in [0, 0.1) is 4.91 Å². The Kier molecular flexibility index (Phi) is 9.12. The van der Waals surface area contributed by atoms with Gasteiger partial charge in [-0.2, -0.15) is 17.6 Å². The quantitative estimate of drug-likeness (QED) is 0.218. The molecule has 0 aliphatic rings. The Balaban J connectivity index is 2.08. The first-order valence-corrected chi connectivity index (χ1v) is 9.86. The highest BCUT2D eigenvalue weighted by Gasteiger charge is 2.55. The molecule has 2 aromatic carbocycles. The van der Waals surface area contributed by atoms with Gasteiger partial charge in [0.1, 0.15) is 17.1 Å². The van der Waals surface area contributed by atoms with Gasteiger partial charge in [0.25, 0.3) is 0 Å². The lowest BCUT2D eigenvalue weighted by molar-refractivity contribution is -0.193. The smallest absolute Gasteiger partial charge is 0.328 e. The average molecular weight is 472 g/mol. The van der Waals surface area contributed by atoms with Crippen molar-refractivity contribution in [1.29, 1.82) is 0 Å². The molecule has 0 bridgehead atoms. The van der Waals surface area contributed by atoms with Crippen LogP contribution < -0.4 is 21.5 Å². The Labute approximate surface area is 187 Å². The normalized spacial score (nSPS) is 11.8. The molecule has 180 valence electrons. The van der Waals surface area contributed by atoms with E-state index in [9.17, 15) is 27.3 Å². The number of carbonyl (C=O) groups excluding carboxylic acids is 1. The summed E-state index contributed by atoms with van der Waals surface area (Å²) < 4.78 is 65.6. The molecule has 0 aliphatic heterocycles. The van der Waals surface area contributed by atoms with Crippen molar-refractivity contribution >= 4 is 17.3 Å². The second kappa shape index (κ2) is 11.6. The van der Waals surface area contributed by atoms with Crippen molar-refractivity contribution in [3.63, 3.8) is 0 Å². The van der Waals surface area contributed by atoms with Crippen molar-refractivity contribution < 1.29 is 31.8 Å². The van der Waals surface area contributed by atoms with Crippen molar-refractivity contribution in [2.45, 2.75) is 24.9 Å². The van der Waals surface area contributed by atoms with Crippen LogP contribution in [0.4, 0.5) is 28.9 Å². The van der Waals surface area contributed by atoms with Crippen LogP contribution in [0.2, 0.25) is 0 Å². The van der Waals surface area contributed by atoms with Crippen molar-refractivity contribution in [2.24, 2.45) is 16.6 Å². The number of hydrogen-bond donors (Lipinski definition) is 3. The molecule has 0 unspecified atom stereocenters. The molecule has 0 saturated carbocycles. The predicted octanol–water partition coefficient (Wildman–Crippen LogP) is 3.81. The standard InChI is InChI=1S/C21H24F4N4O4/c22-20(23,12-26)21(24,25)13-28-18-16(29-31)9-15(19(27)30)10-17(18)33-8-4-7-32-11-14-5-2-1-3-6-14/h1-3,5-6,9-10,28H,4,7-8,11-13,26H2,(H2,27,30). The number of benzene rings is 2. The summed E-state index contributed by atoms with van der Waals surface area (Å²) in [6, 6.07) is 11.4. The summed E-state index contributed by atoms with van der Waals surface area (Å²) in [5, 5.41) is 4.73. The van der Waals surface area contributed by atoms with Crippen LogP contribution in [0.25, 0.3) is 0 Å². The molecule has 0 fully saturated rings. The van der Waals surface area contributed by atoms with Crippen LogP contribution in [-0.4, -0.2) is 44.1 Å². The molecular weight excluding hydrogens is 448 g/mol. The molecule has 0 aromatic heterocycles. The maximum Gasteiger partial charge on any atom is 0.328 e. The van der Waals surface area contributed by atoms with Gasteiger partial charge in [-0.15, -0.1) is 4.91 Å². The third-order valence-electron chi connectivity index (χ3n) is 4.55. The van der Waals surface area contributed by atoms with Crippen LogP contribution in [0.5, 0.6) is 5.75 Å². The lowest BCUT2D eigenvalue weighted by Crippen LogP contribution is -2.50. The van der Waals surface area contributed by atoms with E-state index in [0.717, 1.165) is 17.7 Å². The summed E-state index contributed by atoms with van der Waals surface area (Å²) in [6.45, 7) is -2.49. The van der Waals surface area contributed by atoms with Crippen LogP contribution in [0.15, 0.2) is 47.6 Å². The van der Waals surface area contributed by atoms with Crippen LogP contribution in [-0.2, 0) is 11.3 Å². The van der Waals surface area contributed by atoms with Gasteiger partial charge in [-0.05, 0) is 22.9 Å². The first-order valence-electron chi connectivity index (χ1n) is 9.86. The molecule has 0 heterocycles. The minimum atomic E-state index is -4.53. The van der Waals surface area contributed by atoms with Crippen molar-refractivity contribution in [3.8, 4) is 5.75 Å². The molecule has 0 spiro atoms. The Hall–Kier alpha value is -3.25. The van der Waals surface area contributed by atoms with E-state index in [1.54, 1.807) is 0 Å². The summed E-state index contributed by atoms with van der Waals surface area (Å²) in [4.78, 5) is 22.7. The number of carbonyl (C=O) groups is 1. The molecule has 33 heavy (non-hydrogen) atoms. The van der Waals surface area contributed by atoms with Gasteiger partial charge in [-0.25, -0.2) is 0 Å². The van der Waals surface area contributed by atoms with Gasteiger partial charge in [-0.1, -0.05) is 30.3 Å². The Morgan fingerprint density at radius 1 is 1.06 bits per heavy atom. The van der Waals surface area contributed by atoms with Crippen LogP contribution >= 0.6 is 0 Å². The Morgan fingerprint density at radius 2 is 1.76 bits per heavy atom. The van der Waals surface area contributed by atoms with E-state index < -0.39 is 36.5 Å². The Morgan fingerprint density at radius 3 is 2.36 bits per heavy atom. The fourth-order valence-corrected chi connectivity index (χ4v) is 2.69. The highest BCUT2D eigenvalue weighted by molar-refractivity contribution is 5.96. The average Bonchev–Trinajstić information content (AvgIpc) is 2.80. The number of alkyl halides is 4. The van der Waals surface area contributed by atoms with E-state index >= 15 is 0 Å². The zero-order chi connectivity index (χ0) is 24.5. The fraction of sp³-hybridized carbons (Fsp3) is 0.381. The number of hydrogen-bond acceptors (Lipinski definition) is 7. The maximum atomic E-state index is 13.9. The van der Waals surface area contributed by atoms with E-state index in [4.69, 9.17) is 20.9 Å². The second-order valence-electron chi connectivity index (χ2n) is 7.03. The topological polar surface area (TPSA) is 129 Å². The summed E-state index contributed by atoms with van der Waals surface area (Å²) in [6.07, 6.45) is 0.359.